The van der Waals surface area contributed by atoms with Gasteiger partial charge in [-0.15, -0.1) is 0 Å². The highest BCUT2D eigenvalue weighted by molar-refractivity contribution is 5.88. The largest absolute Gasteiger partial charge is 0.382 e. The minimum Gasteiger partial charge on any atom is -0.382 e. The zero-order valence-electron chi connectivity index (χ0n) is 8.90. The van der Waals surface area contributed by atoms with Crippen molar-refractivity contribution < 1.29 is 0 Å². The first-order valence-corrected chi connectivity index (χ1v) is 5.34. The van der Waals surface area contributed by atoms with E-state index in [1.807, 2.05) is 30.7 Å². The fourth-order valence-corrected chi connectivity index (χ4v) is 1.53. The van der Waals surface area contributed by atoms with Gasteiger partial charge >= 0.3 is 0 Å². The van der Waals surface area contributed by atoms with Crippen LogP contribution in [-0.2, 0) is 0 Å². The van der Waals surface area contributed by atoms with E-state index >= 15 is 0 Å². The van der Waals surface area contributed by atoms with Crippen molar-refractivity contribution >= 4 is 16.6 Å². The van der Waals surface area contributed by atoms with Gasteiger partial charge in [0.2, 0.25) is 0 Å². The Morgan fingerprint density at radius 3 is 3.13 bits per heavy atom. The Bertz CT molecular complexity index is 434. The van der Waals surface area contributed by atoms with Gasteiger partial charge in [0.1, 0.15) is 0 Å². The number of nitrogens with one attached hydrogen (secondary N) is 1. The SMILES string of the molecule is CCCCNc1cncc2cccnc12. The molecule has 0 aliphatic heterocycles. The van der Waals surface area contributed by atoms with Crippen molar-refractivity contribution in [1.29, 1.82) is 0 Å². The van der Waals surface area contributed by atoms with E-state index in [1.165, 1.54) is 12.8 Å². The Hall–Kier alpha value is -1.64. The molecule has 2 aromatic heterocycles. The van der Waals surface area contributed by atoms with Gasteiger partial charge in [0, 0.05) is 24.3 Å². The highest BCUT2D eigenvalue weighted by atomic mass is 14.9. The van der Waals surface area contributed by atoms with E-state index in [9.17, 15) is 0 Å². The van der Waals surface area contributed by atoms with Gasteiger partial charge in [0.25, 0.3) is 0 Å². The van der Waals surface area contributed by atoms with Crippen molar-refractivity contribution in [2.24, 2.45) is 0 Å². The molecular weight excluding hydrogens is 186 g/mol. The average Bonchev–Trinajstić information content (AvgIpc) is 2.30. The highest BCUT2D eigenvalue weighted by Crippen LogP contribution is 2.18. The predicted molar refractivity (Wildman–Crippen MR) is 62.9 cm³/mol. The zero-order valence-corrected chi connectivity index (χ0v) is 8.90. The van der Waals surface area contributed by atoms with Crippen LogP contribution in [0.3, 0.4) is 0 Å². The quantitative estimate of drug-likeness (QED) is 0.773. The number of hydrogen-bond acceptors (Lipinski definition) is 3. The lowest BCUT2D eigenvalue weighted by atomic mass is 10.2. The van der Waals surface area contributed by atoms with E-state index in [4.69, 9.17) is 0 Å². The maximum absolute atomic E-state index is 4.36. The molecule has 78 valence electrons. The molecule has 0 saturated heterocycles. The Morgan fingerprint density at radius 2 is 2.27 bits per heavy atom. The number of fused-ring (bicyclic) bond motifs is 1. The monoisotopic (exact) mass is 201 g/mol. The van der Waals surface area contributed by atoms with Crippen LogP contribution < -0.4 is 5.32 Å². The van der Waals surface area contributed by atoms with Gasteiger partial charge in [-0.1, -0.05) is 13.3 Å². The first kappa shape index (κ1) is 9.90. The molecule has 3 nitrogen and oxygen atoms in total. The first-order chi connectivity index (χ1) is 7.42. The van der Waals surface area contributed by atoms with Gasteiger partial charge in [-0.05, 0) is 18.6 Å². The lowest BCUT2D eigenvalue weighted by Gasteiger charge is -2.07. The molecule has 0 aromatic carbocycles. The van der Waals surface area contributed by atoms with Crippen LogP contribution in [-0.4, -0.2) is 16.5 Å². The summed E-state index contributed by atoms with van der Waals surface area (Å²) in [6.45, 7) is 3.16. The summed E-state index contributed by atoms with van der Waals surface area (Å²) < 4.78 is 0. The van der Waals surface area contributed by atoms with Crippen molar-refractivity contribution in [3.05, 3.63) is 30.7 Å². The summed E-state index contributed by atoms with van der Waals surface area (Å²) in [6, 6.07) is 3.96. The van der Waals surface area contributed by atoms with Gasteiger partial charge in [-0.25, -0.2) is 0 Å². The highest BCUT2D eigenvalue weighted by Gasteiger charge is 2.00. The lowest BCUT2D eigenvalue weighted by Crippen LogP contribution is -2.02. The molecule has 0 radical (unpaired) electrons. The Morgan fingerprint density at radius 1 is 1.33 bits per heavy atom. The minimum absolute atomic E-state index is 0.980. The first-order valence-electron chi connectivity index (χ1n) is 5.34. The van der Waals surface area contributed by atoms with E-state index < -0.39 is 0 Å². The molecule has 0 fully saturated rings. The third-order valence-corrected chi connectivity index (χ3v) is 2.36. The lowest BCUT2D eigenvalue weighted by molar-refractivity contribution is 0.834. The fourth-order valence-electron chi connectivity index (χ4n) is 1.53. The Balaban J connectivity index is 2.26. The molecule has 0 spiro atoms. The molecule has 0 bridgehead atoms. The minimum atomic E-state index is 0.980. The molecule has 15 heavy (non-hydrogen) atoms. The standard InChI is InChI=1S/C12H15N3/c1-2-3-6-14-11-9-13-8-10-5-4-7-15-12(10)11/h4-5,7-9,14H,2-3,6H2,1H3. The van der Waals surface area contributed by atoms with E-state index in [0.29, 0.717) is 0 Å². The molecule has 2 heterocycles. The normalized spacial score (nSPS) is 10.5. The number of aromatic nitrogens is 2. The predicted octanol–water partition coefficient (Wildman–Crippen LogP) is 2.84. The average molecular weight is 201 g/mol. The number of nitrogens with zero attached hydrogens (tertiary/aromatic N) is 2. The molecule has 1 N–H and O–H groups in total. The zero-order chi connectivity index (χ0) is 10.5. The smallest absolute Gasteiger partial charge is 0.0964 e. The second-order valence-electron chi connectivity index (χ2n) is 3.54. The Kier molecular flexibility index (Phi) is 3.12. The van der Waals surface area contributed by atoms with Gasteiger partial charge in [0.15, 0.2) is 0 Å². The molecular formula is C12H15N3. The summed E-state index contributed by atoms with van der Waals surface area (Å²) in [6.07, 6.45) is 7.85. The van der Waals surface area contributed by atoms with Gasteiger partial charge < -0.3 is 5.32 Å². The number of rotatable bonds is 4. The van der Waals surface area contributed by atoms with Crippen molar-refractivity contribution in [2.45, 2.75) is 19.8 Å². The second-order valence-corrected chi connectivity index (χ2v) is 3.54. The topological polar surface area (TPSA) is 37.8 Å². The van der Waals surface area contributed by atoms with Gasteiger partial charge in [0.05, 0.1) is 17.4 Å². The summed E-state index contributed by atoms with van der Waals surface area (Å²) in [5.74, 6) is 0. The summed E-state index contributed by atoms with van der Waals surface area (Å²) in [5, 5.41) is 4.45. The third-order valence-electron chi connectivity index (χ3n) is 2.36. The Labute approximate surface area is 89.6 Å². The maximum atomic E-state index is 4.36. The summed E-state index contributed by atoms with van der Waals surface area (Å²) in [5.41, 5.74) is 2.03. The molecule has 3 heteroatoms. The summed E-state index contributed by atoms with van der Waals surface area (Å²) >= 11 is 0. The molecule has 0 amide bonds. The molecule has 0 aliphatic carbocycles. The molecule has 0 atom stereocenters. The van der Waals surface area contributed by atoms with E-state index in [2.05, 4.69) is 22.2 Å². The molecule has 2 rings (SSSR count). The molecule has 0 unspecified atom stereocenters. The summed E-state index contributed by atoms with van der Waals surface area (Å²) in [4.78, 5) is 8.55. The van der Waals surface area contributed by atoms with E-state index in [0.717, 1.165) is 23.1 Å². The second kappa shape index (κ2) is 4.73. The molecule has 2 aromatic rings. The van der Waals surface area contributed by atoms with E-state index in [-0.39, 0.29) is 0 Å². The third kappa shape index (κ3) is 2.24. The van der Waals surface area contributed by atoms with Crippen molar-refractivity contribution in [2.75, 3.05) is 11.9 Å². The number of hydrogen-bond donors (Lipinski definition) is 1. The van der Waals surface area contributed by atoms with Gasteiger partial charge in [-0.3, -0.25) is 9.97 Å². The number of pyridine rings is 2. The van der Waals surface area contributed by atoms with Crippen LogP contribution in [0.5, 0.6) is 0 Å². The molecule has 0 aliphatic rings. The number of unbranched alkanes of at least 4 members (excludes halogenated alkanes) is 1. The van der Waals surface area contributed by atoms with Crippen LogP contribution in [0.2, 0.25) is 0 Å². The van der Waals surface area contributed by atoms with Crippen LogP contribution in [0.4, 0.5) is 5.69 Å². The van der Waals surface area contributed by atoms with Crippen LogP contribution in [0.1, 0.15) is 19.8 Å². The number of anilines is 1. The summed E-state index contributed by atoms with van der Waals surface area (Å²) in [7, 11) is 0. The van der Waals surface area contributed by atoms with Gasteiger partial charge in [-0.2, -0.15) is 0 Å². The van der Waals surface area contributed by atoms with Crippen molar-refractivity contribution in [3.63, 3.8) is 0 Å². The molecule has 0 saturated carbocycles. The van der Waals surface area contributed by atoms with Crippen LogP contribution in [0, 0.1) is 0 Å². The fraction of sp³-hybridized carbons (Fsp3) is 0.333. The van der Waals surface area contributed by atoms with Crippen LogP contribution in [0.25, 0.3) is 10.9 Å². The van der Waals surface area contributed by atoms with Crippen molar-refractivity contribution in [1.82, 2.24) is 9.97 Å². The van der Waals surface area contributed by atoms with Crippen molar-refractivity contribution in [3.8, 4) is 0 Å². The van der Waals surface area contributed by atoms with Crippen LogP contribution in [0.15, 0.2) is 30.7 Å². The van der Waals surface area contributed by atoms with Crippen LogP contribution >= 0.6 is 0 Å². The maximum Gasteiger partial charge on any atom is 0.0964 e. The van der Waals surface area contributed by atoms with E-state index in [1.54, 1.807) is 0 Å².